The van der Waals surface area contributed by atoms with Gasteiger partial charge in [0, 0.05) is 35.8 Å². The Morgan fingerprint density at radius 3 is 2.81 bits per heavy atom. The molecular formula is C18H18N2O4S2. The summed E-state index contributed by atoms with van der Waals surface area (Å²) >= 11 is 6.45. The zero-order valence-corrected chi connectivity index (χ0v) is 16.2. The zero-order chi connectivity index (χ0) is 19.0. The standard InChI is InChI=1S/C18H18N2O4S2/c1-10-12(13-8-11(24-3)4-5-14(13)19(10)2)9-15-17(23)20(18(25)26-15)7-6-16(21)22/h4-5,8-9H,6-7H2,1-3H3,(H,21,22). The number of aryl methyl sites for hydroxylation is 1. The van der Waals surface area contributed by atoms with E-state index in [2.05, 4.69) is 4.57 Å². The first kappa shape index (κ1) is 18.5. The van der Waals surface area contributed by atoms with Crippen molar-refractivity contribution in [1.82, 2.24) is 9.47 Å². The summed E-state index contributed by atoms with van der Waals surface area (Å²) < 4.78 is 7.77. The summed E-state index contributed by atoms with van der Waals surface area (Å²) in [6.45, 7) is 2.07. The second kappa shape index (κ2) is 7.13. The smallest absolute Gasteiger partial charge is 0.305 e. The molecule has 0 spiro atoms. The maximum absolute atomic E-state index is 12.6. The average molecular weight is 390 g/mol. The Balaban J connectivity index is 2.02. The molecule has 3 rings (SSSR count). The number of thioether (sulfide) groups is 1. The zero-order valence-electron chi connectivity index (χ0n) is 14.6. The van der Waals surface area contributed by atoms with Crippen molar-refractivity contribution in [1.29, 1.82) is 0 Å². The van der Waals surface area contributed by atoms with Crippen LogP contribution in [0.3, 0.4) is 0 Å². The molecule has 136 valence electrons. The molecule has 26 heavy (non-hydrogen) atoms. The number of amides is 1. The van der Waals surface area contributed by atoms with Crippen molar-refractivity contribution < 1.29 is 19.4 Å². The summed E-state index contributed by atoms with van der Waals surface area (Å²) in [5, 5.41) is 9.82. The van der Waals surface area contributed by atoms with Crippen molar-refractivity contribution in [3.63, 3.8) is 0 Å². The molecule has 0 radical (unpaired) electrons. The topological polar surface area (TPSA) is 71.8 Å². The van der Waals surface area contributed by atoms with Crippen LogP contribution >= 0.6 is 24.0 Å². The van der Waals surface area contributed by atoms with Gasteiger partial charge in [-0.1, -0.05) is 24.0 Å². The highest BCUT2D eigenvalue weighted by Gasteiger charge is 2.32. The molecule has 1 fully saturated rings. The first-order chi connectivity index (χ1) is 12.3. The Labute approximate surface area is 160 Å². The molecule has 1 amide bonds. The molecule has 1 N–H and O–H groups in total. The van der Waals surface area contributed by atoms with E-state index >= 15 is 0 Å². The SMILES string of the molecule is COc1ccc2c(c1)c(C=C1SC(=S)N(CCC(=O)O)C1=O)c(C)n2C. The van der Waals surface area contributed by atoms with E-state index in [0.717, 1.165) is 27.9 Å². The Bertz CT molecular complexity index is 962. The number of ether oxygens (including phenoxy) is 1. The number of methoxy groups -OCH3 is 1. The van der Waals surface area contributed by atoms with Crippen LogP contribution in [0.5, 0.6) is 5.75 Å². The van der Waals surface area contributed by atoms with E-state index in [-0.39, 0.29) is 18.9 Å². The molecule has 1 aliphatic heterocycles. The van der Waals surface area contributed by atoms with Crippen LogP contribution in [0.4, 0.5) is 0 Å². The number of fused-ring (bicyclic) bond motifs is 1. The maximum atomic E-state index is 12.6. The van der Waals surface area contributed by atoms with Gasteiger partial charge in [-0.3, -0.25) is 14.5 Å². The van der Waals surface area contributed by atoms with Crippen LogP contribution in [-0.2, 0) is 16.6 Å². The van der Waals surface area contributed by atoms with Gasteiger partial charge in [0.05, 0.1) is 18.4 Å². The lowest BCUT2D eigenvalue weighted by atomic mass is 10.1. The molecule has 2 heterocycles. The van der Waals surface area contributed by atoms with Gasteiger partial charge in [-0.15, -0.1) is 0 Å². The Morgan fingerprint density at radius 1 is 1.42 bits per heavy atom. The van der Waals surface area contributed by atoms with Crippen LogP contribution in [0.25, 0.3) is 17.0 Å². The molecule has 1 aliphatic rings. The number of carbonyl (C=O) groups excluding carboxylic acids is 1. The van der Waals surface area contributed by atoms with Gasteiger partial charge >= 0.3 is 5.97 Å². The highest BCUT2D eigenvalue weighted by molar-refractivity contribution is 8.26. The van der Waals surface area contributed by atoms with Gasteiger partial charge in [0.2, 0.25) is 0 Å². The molecular weight excluding hydrogens is 372 g/mol. The van der Waals surface area contributed by atoms with E-state index < -0.39 is 5.97 Å². The number of aromatic nitrogens is 1. The normalized spacial score (nSPS) is 16.1. The van der Waals surface area contributed by atoms with Crippen molar-refractivity contribution >= 4 is 57.2 Å². The van der Waals surface area contributed by atoms with Gasteiger partial charge in [-0.25, -0.2) is 0 Å². The van der Waals surface area contributed by atoms with E-state index in [1.165, 1.54) is 16.7 Å². The number of hydrogen-bond acceptors (Lipinski definition) is 5. The lowest BCUT2D eigenvalue weighted by molar-refractivity contribution is -0.137. The van der Waals surface area contributed by atoms with Crippen molar-refractivity contribution in [2.45, 2.75) is 13.3 Å². The lowest BCUT2D eigenvalue weighted by Gasteiger charge is -2.12. The molecule has 8 heteroatoms. The number of thiocarbonyl (C=S) groups is 1. The fourth-order valence-corrected chi connectivity index (χ4v) is 4.21. The number of carboxylic acids is 1. The fraction of sp³-hybridized carbons (Fsp3) is 0.278. The first-order valence-electron chi connectivity index (χ1n) is 7.93. The van der Waals surface area contributed by atoms with Crippen molar-refractivity contribution in [2.75, 3.05) is 13.7 Å². The maximum Gasteiger partial charge on any atom is 0.305 e. The molecule has 1 saturated heterocycles. The highest BCUT2D eigenvalue weighted by atomic mass is 32.2. The van der Waals surface area contributed by atoms with E-state index in [1.807, 2.05) is 38.2 Å². The van der Waals surface area contributed by atoms with Gasteiger partial charge < -0.3 is 14.4 Å². The average Bonchev–Trinajstić information content (AvgIpc) is 3.01. The van der Waals surface area contributed by atoms with E-state index in [0.29, 0.717) is 9.23 Å². The number of nitrogens with zero attached hydrogens (tertiary/aromatic N) is 2. The Kier molecular flexibility index (Phi) is 5.06. The van der Waals surface area contributed by atoms with Crippen LogP contribution in [0.1, 0.15) is 17.7 Å². The molecule has 6 nitrogen and oxygen atoms in total. The molecule has 0 saturated carbocycles. The van der Waals surface area contributed by atoms with Crippen LogP contribution in [0.15, 0.2) is 23.1 Å². The molecule has 2 aromatic rings. The van der Waals surface area contributed by atoms with Crippen LogP contribution < -0.4 is 4.74 Å². The molecule has 1 aromatic carbocycles. The van der Waals surface area contributed by atoms with Gasteiger partial charge in [-0.05, 0) is 31.2 Å². The number of carboxylic acid groups (broad SMARTS) is 1. The molecule has 0 unspecified atom stereocenters. The lowest BCUT2D eigenvalue weighted by Crippen LogP contribution is -2.30. The van der Waals surface area contributed by atoms with E-state index in [9.17, 15) is 9.59 Å². The monoisotopic (exact) mass is 390 g/mol. The summed E-state index contributed by atoms with van der Waals surface area (Å²) in [7, 11) is 3.59. The third-order valence-corrected chi connectivity index (χ3v) is 5.82. The number of carbonyl (C=O) groups is 2. The van der Waals surface area contributed by atoms with E-state index in [4.69, 9.17) is 22.1 Å². The molecule has 0 aliphatic carbocycles. The first-order valence-corrected chi connectivity index (χ1v) is 9.16. The van der Waals surface area contributed by atoms with Crippen LogP contribution in [0.2, 0.25) is 0 Å². The second-order valence-corrected chi connectivity index (χ2v) is 7.59. The largest absolute Gasteiger partial charge is 0.497 e. The summed E-state index contributed by atoms with van der Waals surface area (Å²) in [6.07, 6.45) is 1.70. The van der Waals surface area contributed by atoms with Gasteiger partial charge in [0.15, 0.2) is 0 Å². The van der Waals surface area contributed by atoms with Crippen LogP contribution in [0, 0.1) is 6.92 Å². The highest BCUT2D eigenvalue weighted by Crippen LogP contribution is 2.36. The van der Waals surface area contributed by atoms with Gasteiger partial charge in [0.25, 0.3) is 5.91 Å². The van der Waals surface area contributed by atoms with Crippen molar-refractivity contribution in [3.8, 4) is 5.75 Å². The minimum Gasteiger partial charge on any atom is -0.497 e. The second-order valence-electron chi connectivity index (χ2n) is 5.92. The third kappa shape index (κ3) is 3.22. The number of hydrogen-bond donors (Lipinski definition) is 1. The number of benzene rings is 1. The molecule has 0 bridgehead atoms. The van der Waals surface area contributed by atoms with Crippen molar-refractivity contribution in [2.24, 2.45) is 7.05 Å². The minimum atomic E-state index is -0.958. The molecule has 0 atom stereocenters. The predicted octanol–water partition coefficient (Wildman–Crippen LogP) is 3.17. The van der Waals surface area contributed by atoms with Gasteiger partial charge in [0.1, 0.15) is 10.1 Å². The fourth-order valence-electron chi connectivity index (χ4n) is 2.92. The summed E-state index contributed by atoms with van der Waals surface area (Å²) in [5.41, 5.74) is 2.99. The predicted molar refractivity (Wildman–Crippen MR) is 106 cm³/mol. The van der Waals surface area contributed by atoms with E-state index in [1.54, 1.807) is 7.11 Å². The Morgan fingerprint density at radius 2 is 2.15 bits per heavy atom. The number of aliphatic carboxylic acids is 1. The van der Waals surface area contributed by atoms with Crippen molar-refractivity contribution in [3.05, 3.63) is 34.4 Å². The summed E-state index contributed by atoms with van der Waals surface area (Å²) in [4.78, 5) is 25.3. The minimum absolute atomic E-state index is 0.0830. The molecule has 1 aromatic heterocycles. The van der Waals surface area contributed by atoms with Gasteiger partial charge in [-0.2, -0.15) is 0 Å². The third-order valence-electron chi connectivity index (χ3n) is 4.45. The number of rotatable bonds is 5. The van der Waals surface area contributed by atoms with Crippen LogP contribution in [-0.4, -0.2) is 44.4 Å². The Hall–Kier alpha value is -2.32. The summed E-state index contributed by atoms with van der Waals surface area (Å²) in [5.74, 6) is -0.465. The quantitative estimate of drug-likeness (QED) is 0.625. The summed E-state index contributed by atoms with van der Waals surface area (Å²) in [6, 6.07) is 5.83.